The van der Waals surface area contributed by atoms with Crippen molar-refractivity contribution < 1.29 is 14.3 Å². The number of carbonyl (C=O) groups is 1. The monoisotopic (exact) mass is 331 g/mol. The Kier molecular flexibility index (Phi) is 4.95. The molecule has 3 heterocycles. The Hall–Kier alpha value is -2.61. The van der Waals surface area contributed by atoms with E-state index in [1.54, 1.807) is 30.3 Å². The van der Waals surface area contributed by atoms with Crippen LogP contribution < -0.4 is 15.4 Å². The number of nitrogens with zero attached hydrogens (tertiary/aromatic N) is 3. The van der Waals surface area contributed by atoms with Gasteiger partial charge in [0.2, 0.25) is 5.88 Å². The van der Waals surface area contributed by atoms with E-state index < -0.39 is 0 Å². The summed E-state index contributed by atoms with van der Waals surface area (Å²) in [5.41, 5.74) is 1.86. The lowest BCUT2D eigenvalue weighted by Crippen LogP contribution is -2.43. The Morgan fingerprint density at radius 3 is 3.00 bits per heavy atom. The number of methoxy groups -OCH3 is 1. The molecule has 8 heteroatoms. The molecule has 1 aliphatic rings. The third kappa shape index (κ3) is 3.65. The molecule has 24 heavy (non-hydrogen) atoms. The van der Waals surface area contributed by atoms with Crippen LogP contribution in [0, 0.1) is 0 Å². The van der Waals surface area contributed by atoms with Gasteiger partial charge in [0.1, 0.15) is 6.10 Å². The number of aromatic nitrogens is 3. The van der Waals surface area contributed by atoms with Gasteiger partial charge in [-0.3, -0.25) is 4.68 Å². The zero-order valence-electron chi connectivity index (χ0n) is 13.7. The van der Waals surface area contributed by atoms with Gasteiger partial charge in [0, 0.05) is 37.7 Å². The molecule has 1 aliphatic heterocycles. The summed E-state index contributed by atoms with van der Waals surface area (Å²) in [6, 6.07) is 5.25. The van der Waals surface area contributed by atoms with Gasteiger partial charge in [-0.1, -0.05) is 0 Å². The average molecular weight is 331 g/mol. The standard InChI is InChI=1S/C16H21N5O3/c1-21-12(5-7-19-21)10-18-16(22)20-13-6-8-24-15(13)11-3-4-14(23-2)17-9-11/h3-5,7,9,13,15H,6,8,10H2,1-2H3,(H2,18,20,22)/t13-,15+/m0/s1. The van der Waals surface area contributed by atoms with Crippen LogP contribution in [0.4, 0.5) is 4.79 Å². The van der Waals surface area contributed by atoms with Crippen LogP contribution in [0.25, 0.3) is 0 Å². The van der Waals surface area contributed by atoms with Crippen LogP contribution in [-0.2, 0) is 18.3 Å². The molecule has 2 N–H and O–H groups in total. The van der Waals surface area contributed by atoms with Gasteiger partial charge >= 0.3 is 6.03 Å². The summed E-state index contributed by atoms with van der Waals surface area (Å²) < 4.78 is 12.5. The molecule has 2 aromatic heterocycles. The van der Waals surface area contributed by atoms with E-state index >= 15 is 0 Å². The first-order chi connectivity index (χ1) is 11.7. The Balaban J connectivity index is 1.56. The predicted octanol–water partition coefficient (Wildman–Crippen LogP) is 1.15. The highest BCUT2D eigenvalue weighted by atomic mass is 16.5. The van der Waals surface area contributed by atoms with Crippen LogP contribution in [0.5, 0.6) is 5.88 Å². The summed E-state index contributed by atoms with van der Waals surface area (Å²) in [5, 5.41) is 9.89. The van der Waals surface area contributed by atoms with Crippen molar-refractivity contribution >= 4 is 6.03 Å². The van der Waals surface area contributed by atoms with Crippen LogP contribution in [0.3, 0.4) is 0 Å². The molecular weight excluding hydrogens is 310 g/mol. The number of urea groups is 1. The Bertz CT molecular complexity index is 685. The molecule has 2 aromatic rings. The van der Waals surface area contributed by atoms with Gasteiger partial charge in [-0.05, 0) is 18.6 Å². The highest BCUT2D eigenvalue weighted by molar-refractivity contribution is 5.74. The maximum atomic E-state index is 12.1. The number of amides is 2. The van der Waals surface area contributed by atoms with E-state index in [1.807, 2.05) is 19.2 Å². The second kappa shape index (κ2) is 7.31. The van der Waals surface area contributed by atoms with Crippen LogP contribution in [0.2, 0.25) is 0 Å². The Morgan fingerprint density at radius 1 is 1.46 bits per heavy atom. The molecule has 0 spiro atoms. The number of ether oxygens (including phenoxy) is 2. The van der Waals surface area contributed by atoms with Crippen LogP contribution in [0.15, 0.2) is 30.6 Å². The van der Waals surface area contributed by atoms with E-state index in [2.05, 4.69) is 20.7 Å². The summed E-state index contributed by atoms with van der Waals surface area (Å²) in [5.74, 6) is 0.551. The number of rotatable bonds is 5. The number of aryl methyl sites for hydroxylation is 1. The number of hydrogen-bond acceptors (Lipinski definition) is 5. The van der Waals surface area contributed by atoms with Gasteiger partial charge in [-0.2, -0.15) is 5.10 Å². The van der Waals surface area contributed by atoms with Gasteiger partial charge in [-0.25, -0.2) is 9.78 Å². The molecule has 2 amide bonds. The molecule has 0 radical (unpaired) electrons. The quantitative estimate of drug-likeness (QED) is 0.858. The Morgan fingerprint density at radius 2 is 2.33 bits per heavy atom. The molecule has 0 saturated carbocycles. The van der Waals surface area contributed by atoms with Crippen molar-refractivity contribution in [3.05, 3.63) is 41.9 Å². The van der Waals surface area contributed by atoms with Crippen molar-refractivity contribution in [2.75, 3.05) is 13.7 Å². The van der Waals surface area contributed by atoms with E-state index in [9.17, 15) is 4.79 Å². The minimum atomic E-state index is -0.224. The summed E-state index contributed by atoms with van der Waals surface area (Å²) in [6.45, 7) is 1.02. The smallest absolute Gasteiger partial charge is 0.315 e. The summed E-state index contributed by atoms with van der Waals surface area (Å²) in [4.78, 5) is 16.3. The number of pyridine rings is 1. The maximum absolute atomic E-state index is 12.1. The summed E-state index contributed by atoms with van der Waals surface area (Å²) in [7, 11) is 3.41. The van der Waals surface area contributed by atoms with Crippen LogP contribution in [-0.4, -0.2) is 40.6 Å². The molecule has 0 bridgehead atoms. The first kappa shape index (κ1) is 16.3. The van der Waals surface area contributed by atoms with Gasteiger partial charge in [-0.15, -0.1) is 0 Å². The molecule has 0 aromatic carbocycles. The lowest BCUT2D eigenvalue weighted by molar-refractivity contribution is 0.0995. The van der Waals surface area contributed by atoms with E-state index in [-0.39, 0.29) is 18.2 Å². The molecule has 128 valence electrons. The van der Waals surface area contributed by atoms with Crippen molar-refractivity contribution in [1.29, 1.82) is 0 Å². The zero-order chi connectivity index (χ0) is 16.9. The van der Waals surface area contributed by atoms with Crippen molar-refractivity contribution in [3.63, 3.8) is 0 Å². The Labute approximate surface area is 140 Å². The SMILES string of the molecule is COc1ccc([C@H]2OCC[C@@H]2NC(=O)NCc2ccnn2C)cn1. The highest BCUT2D eigenvalue weighted by Crippen LogP contribution is 2.29. The van der Waals surface area contributed by atoms with Crippen molar-refractivity contribution in [2.45, 2.75) is 25.1 Å². The van der Waals surface area contributed by atoms with Gasteiger partial charge in [0.05, 0.1) is 25.4 Å². The second-order valence-electron chi connectivity index (χ2n) is 5.59. The third-order valence-corrected chi connectivity index (χ3v) is 4.06. The number of hydrogen-bond donors (Lipinski definition) is 2. The van der Waals surface area contributed by atoms with E-state index in [0.717, 1.165) is 17.7 Å². The minimum absolute atomic E-state index is 0.0910. The topological polar surface area (TPSA) is 90.3 Å². The predicted molar refractivity (Wildman–Crippen MR) is 86.5 cm³/mol. The highest BCUT2D eigenvalue weighted by Gasteiger charge is 2.31. The fourth-order valence-electron chi connectivity index (χ4n) is 2.71. The first-order valence-corrected chi connectivity index (χ1v) is 7.80. The fourth-order valence-corrected chi connectivity index (χ4v) is 2.71. The zero-order valence-corrected chi connectivity index (χ0v) is 13.7. The van der Waals surface area contributed by atoms with Crippen molar-refractivity contribution in [1.82, 2.24) is 25.4 Å². The lowest BCUT2D eigenvalue weighted by Gasteiger charge is -2.20. The largest absolute Gasteiger partial charge is 0.481 e. The number of carbonyl (C=O) groups excluding carboxylic acids is 1. The van der Waals surface area contributed by atoms with Gasteiger partial charge < -0.3 is 20.1 Å². The van der Waals surface area contributed by atoms with Crippen LogP contribution >= 0.6 is 0 Å². The lowest BCUT2D eigenvalue weighted by atomic mass is 10.0. The van der Waals surface area contributed by atoms with Crippen molar-refractivity contribution in [2.24, 2.45) is 7.05 Å². The molecule has 1 saturated heterocycles. The van der Waals surface area contributed by atoms with Crippen molar-refractivity contribution in [3.8, 4) is 5.88 Å². The second-order valence-corrected chi connectivity index (χ2v) is 5.59. The average Bonchev–Trinajstić information content (AvgIpc) is 3.22. The first-order valence-electron chi connectivity index (χ1n) is 7.80. The molecule has 0 unspecified atom stereocenters. The molecule has 2 atom stereocenters. The van der Waals surface area contributed by atoms with Gasteiger partial charge in [0.15, 0.2) is 0 Å². The van der Waals surface area contributed by atoms with Gasteiger partial charge in [0.25, 0.3) is 0 Å². The minimum Gasteiger partial charge on any atom is -0.481 e. The summed E-state index contributed by atoms with van der Waals surface area (Å²) >= 11 is 0. The summed E-state index contributed by atoms with van der Waals surface area (Å²) in [6.07, 6.45) is 3.98. The third-order valence-electron chi connectivity index (χ3n) is 4.06. The fraction of sp³-hybridized carbons (Fsp3) is 0.438. The van der Waals surface area contributed by atoms with E-state index in [0.29, 0.717) is 19.0 Å². The van der Waals surface area contributed by atoms with E-state index in [1.165, 1.54) is 0 Å². The molecule has 0 aliphatic carbocycles. The van der Waals surface area contributed by atoms with E-state index in [4.69, 9.17) is 9.47 Å². The normalized spacial score (nSPS) is 19.9. The maximum Gasteiger partial charge on any atom is 0.315 e. The molecule has 8 nitrogen and oxygen atoms in total. The molecular formula is C16H21N5O3. The molecule has 1 fully saturated rings. The van der Waals surface area contributed by atoms with Crippen LogP contribution in [0.1, 0.15) is 23.8 Å². The number of nitrogens with one attached hydrogen (secondary N) is 2. The molecule has 3 rings (SSSR count).